The molecular formula is C84H147NO19P2. The first-order valence-electron chi connectivity index (χ1n) is 42.2. The van der Waals surface area contributed by atoms with Gasteiger partial charge >= 0.3 is 45.6 Å². The molecule has 2 aromatic carbocycles. The Labute approximate surface area is 641 Å². The Hall–Kier alpha value is -4.23. The molecule has 0 saturated carbocycles. The molecule has 3 N–H and O–H groups in total. The second-order valence-corrected chi connectivity index (χ2v) is 31.9. The van der Waals surface area contributed by atoms with Crippen molar-refractivity contribution < 1.29 is 89.4 Å². The van der Waals surface area contributed by atoms with Gasteiger partial charge in [0.25, 0.3) is 0 Å². The standard InChI is InChI=1S/C84H147NO19P2/c1-4-7-10-13-16-19-22-25-28-32-37-42-53-62-80(86)96-69-78(103-82(88)64-55-44-39-33-29-26-23-20-17-14-11-8-5-2)73-101-105(91,92)99-71-77(95-67-75-58-49-47-50-59-75)72-100-106(93,94)102-74-79(104-83(89)65-56-45-40-34-30-27-24-21-18-15-12-9-6-3)70-97-81(87)63-54-43-38-35-31-36-41-46-57-66-85-84(90)98-68-76-60-51-48-52-61-76/h47-52,58-61,77-79H,4-46,53-57,62-74H2,1-3H3,(H,85,90)(H,91,92)(H,93,94)/t77-,78+,79+/m0/s1. The van der Waals surface area contributed by atoms with Crippen LogP contribution in [0.3, 0.4) is 0 Å². The quantitative estimate of drug-likeness (QED) is 0.0240. The molecule has 22 heteroatoms. The lowest BCUT2D eigenvalue weighted by molar-refractivity contribution is -0.161. The minimum absolute atomic E-state index is 0.0618. The fraction of sp³-hybridized carbons (Fsp3) is 0.798. The Bertz CT molecular complexity index is 2500. The maximum Gasteiger partial charge on any atom is 0.472 e. The van der Waals surface area contributed by atoms with Crippen molar-refractivity contribution in [1.29, 1.82) is 0 Å². The lowest BCUT2D eigenvalue weighted by Crippen LogP contribution is -2.30. The van der Waals surface area contributed by atoms with E-state index in [0.29, 0.717) is 37.8 Å². The molecule has 0 bridgehead atoms. The molecule has 106 heavy (non-hydrogen) atoms. The van der Waals surface area contributed by atoms with E-state index in [1.165, 1.54) is 161 Å². The summed E-state index contributed by atoms with van der Waals surface area (Å²) in [5.41, 5.74) is 1.64. The summed E-state index contributed by atoms with van der Waals surface area (Å²) in [6.45, 7) is 3.87. The Morgan fingerprint density at radius 3 is 0.868 bits per heavy atom. The zero-order chi connectivity index (χ0) is 76.8. The Kier molecular flexibility index (Phi) is 64.5. The van der Waals surface area contributed by atoms with E-state index in [2.05, 4.69) is 26.1 Å². The van der Waals surface area contributed by atoms with Gasteiger partial charge in [-0.15, -0.1) is 0 Å². The van der Waals surface area contributed by atoms with E-state index in [1.807, 2.05) is 36.4 Å². The molecule has 0 aliphatic rings. The van der Waals surface area contributed by atoms with Crippen LogP contribution in [0.2, 0.25) is 0 Å². The van der Waals surface area contributed by atoms with Gasteiger partial charge in [0, 0.05) is 32.2 Å². The van der Waals surface area contributed by atoms with Crippen molar-refractivity contribution in [1.82, 2.24) is 5.32 Å². The van der Waals surface area contributed by atoms with Crippen LogP contribution in [0.4, 0.5) is 4.79 Å². The van der Waals surface area contributed by atoms with E-state index >= 15 is 0 Å². The van der Waals surface area contributed by atoms with Gasteiger partial charge in [0.2, 0.25) is 0 Å². The number of phosphoric ester groups is 2. The zero-order valence-electron chi connectivity index (χ0n) is 66.4. The van der Waals surface area contributed by atoms with Crippen LogP contribution >= 0.6 is 15.6 Å². The smallest absolute Gasteiger partial charge is 0.462 e. The number of unbranched alkanes of at least 4 members (excludes halogenated alkanes) is 44. The predicted octanol–water partition coefficient (Wildman–Crippen LogP) is 23.0. The van der Waals surface area contributed by atoms with Crippen LogP contribution in [0.15, 0.2) is 60.7 Å². The maximum absolute atomic E-state index is 13.6. The Morgan fingerprint density at radius 1 is 0.311 bits per heavy atom. The first-order valence-corrected chi connectivity index (χ1v) is 45.2. The van der Waals surface area contributed by atoms with Crippen molar-refractivity contribution in [2.45, 2.75) is 386 Å². The number of carbonyl (C=O) groups is 5. The first kappa shape index (κ1) is 97.8. The van der Waals surface area contributed by atoms with Gasteiger partial charge in [-0.3, -0.25) is 37.3 Å². The molecule has 0 aliphatic carbocycles. The molecule has 0 radical (unpaired) electrons. The average Bonchev–Trinajstić information content (AvgIpc) is 0.894. The van der Waals surface area contributed by atoms with Gasteiger partial charge in [0.05, 0.1) is 33.0 Å². The molecule has 20 nitrogen and oxygen atoms in total. The second kappa shape index (κ2) is 69.9. The molecule has 0 aromatic heterocycles. The molecule has 0 saturated heterocycles. The number of phosphoric acid groups is 2. The zero-order valence-corrected chi connectivity index (χ0v) is 68.2. The summed E-state index contributed by atoms with van der Waals surface area (Å²) in [4.78, 5) is 86.6. The highest BCUT2D eigenvalue weighted by Gasteiger charge is 2.31. The van der Waals surface area contributed by atoms with Crippen molar-refractivity contribution >= 4 is 45.6 Å². The Morgan fingerprint density at radius 2 is 0.566 bits per heavy atom. The number of esters is 4. The average molecular weight is 1540 g/mol. The number of benzene rings is 2. The van der Waals surface area contributed by atoms with E-state index in [4.69, 9.17) is 46.5 Å². The lowest BCUT2D eigenvalue weighted by Gasteiger charge is -2.23. The van der Waals surface area contributed by atoms with E-state index in [9.17, 15) is 42.9 Å². The predicted molar refractivity (Wildman–Crippen MR) is 422 cm³/mol. The van der Waals surface area contributed by atoms with Crippen molar-refractivity contribution in [3.8, 4) is 0 Å². The highest BCUT2D eigenvalue weighted by Crippen LogP contribution is 2.46. The molecule has 2 aromatic rings. The van der Waals surface area contributed by atoms with Crippen molar-refractivity contribution in [3.63, 3.8) is 0 Å². The molecule has 0 heterocycles. The summed E-state index contributed by atoms with van der Waals surface area (Å²) in [6.07, 6.45) is 49.5. The molecule has 5 atom stereocenters. The van der Waals surface area contributed by atoms with Gasteiger partial charge in [-0.25, -0.2) is 13.9 Å². The highest BCUT2D eigenvalue weighted by molar-refractivity contribution is 7.47. The van der Waals surface area contributed by atoms with Crippen LogP contribution < -0.4 is 5.32 Å². The lowest BCUT2D eigenvalue weighted by atomic mass is 10.0. The number of carbonyl (C=O) groups excluding carboxylic acids is 5. The van der Waals surface area contributed by atoms with Gasteiger partial charge in [-0.05, 0) is 43.2 Å². The summed E-state index contributed by atoms with van der Waals surface area (Å²) in [7, 11) is -9.99. The van der Waals surface area contributed by atoms with E-state index < -0.39 is 104 Å². The van der Waals surface area contributed by atoms with E-state index in [1.54, 1.807) is 24.3 Å². The number of rotatable bonds is 77. The SMILES string of the molecule is CCCCCCCCCCCCCCCC(=O)OC[C@H](COP(=O)(O)OC[C@@H](COP(=O)(O)OC[C@@H](COC(=O)CCCCCCCCCCCNC(=O)OCc1ccccc1)OC(=O)CCCCCCCCCCCCCCC)OCc1ccccc1)OC(=O)CCCCCCCCCCCCCCC. The maximum atomic E-state index is 13.6. The highest BCUT2D eigenvalue weighted by atomic mass is 31.2. The van der Waals surface area contributed by atoms with Gasteiger partial charge in [0.15, 0.2) is 12.2 Å². The number of nitrogens with one attached hydrogen (secondary N) is 1. The Balaban J connectivity index is 2.00. The van der Waals surface area contributed by atoms with E-state index in [-0.39, 0.29) is 38.9 Å². The molecule has 0 aliphatic heterocycles. The van der Waals surface area contributed by atoms with Crippen LogP contribution in [0.25, 0.3) is 0 Å². The third-order valence-corrected chi connectivity index (χ3v) is 20.9. The van der Waals surface area contributed by atoms with Crippen LogP contribution in [0, 0.1) is 0 Å². The second-order valence-electron chi connectivity index (χ2n) is 29.0. The molecule has 612 valence electrons. The normalized spacial score (nSPS) is 13.5. The van der Waals surface area contributed by atoms with Gasteiger partial charge < -0.3 is 43.5 Å². The third-order valence-electron chi connectivity index (χ3n) is 19.0. The van der Waals surface area contributed by atoms with Crippen LogP contribution in [0.5, 0.6) is 0 Å². The summed E-state index contributed by atoms with van der Waals surface area (Å²) < 4.78 is 82.5. The number of alkyl carbamates (subject to hydrolysis) is 1. The van der Waals surface area contributed by atoms with Crippen molar-refractivity contribution in [2.75, 3.05) is 46.2 Å². The van der Waals surface area contributed by atoms with Gasteiger partial charge in [0.1, 0.15) is 25.9 Å². The van der Waals surface area contributed by atoms with Gasteiger partial charge in [-0.2, -0.15) is 0 Å². The van der Waals surface area contributed by atoms with Crippen molar-refractivity contribution in [3.05, 3.63) is 71.8 Å². The van der Waals surface area contributed by atoms with Gasteiger partial charge in [-0.1, -0.05) is 358 Å². The molecule has 1 amide bonds. The summed E-state index contributed by atoms with van der Waals surface area (Å²) >= 11 is 0. The van der Waals surface area contributed by atoms with E-state index in [0.717, 1.165) is 128 Å². The third kappa shape index (κ3) is 63.5. The monoisotopic (exact) mass is 1540 g/mol. The van der Waals surface area contributed by atoms with Crippen LogP contribution in [-0.2, 0) is 88.0 Å². The fourth-order valence-electron chi connectivity index (χ4n) is 12.4. The summed E-state index contributed by atoms with van der Waals surface area (Å²) in [5.74, 6) is -2.13. The minimum Gasteiger partial charge on any atom is -0.462 e. The van der Waals surface area contributed by atoms with Crippen LogP contribution in [-0.4, -0.2) is 104 Å². The molecule has 2 rings (SSSR count). The molecular weight excluding hydrogens is 1390 g/mol. The molecule has 2 unspecified atom stereocenters. The fourth-order valence-corrected chi connectivity index (χ4v) is 14.0. The molecule has 0 spiro atoms. The number of ether oxygens (including phenoxy) is 6. The summed E-state index contributed by atoms with van der Waals surface area (Å²) in [6, 6.07) is 18.5. The number of hydrogen-bond donors (Lipinski definition) is 3. The summed E-state index contributed by atoms with van der Waals surface area (Å²) in [5, 5.41) is 2.81. The van der Waals surface area contributed by atoms with Crippen LogP contribution in [0.1, 0.15) is 366 Å². The first-order chi connectivity index (χ1) is 51.6. The minimum atomic E-state index is -5.00. The number of amides is 1. The van der Waals surface area contributed by atoms with Crippen molar-refractivity contribution in [2.24, 2.45) is 0 Å². The number of hydrogen-bond acceptors (Lipinski definition) is 17. The largest absolute Gasteiger partial charge is 0.472 e. The molecule has 0 fully saturated rings. The topological polar surface area (TPSA) is 264 Å².